The number of carbonyl (C=O) groups is 1. The van der Waals surface area contributed by atoms with E-state index in [1.165, 1.54) is 11.8 Å². The third-order valence-corrected chi connectivity index (χ3v) is 6.03. The SMILES string of the molecule is C=CCn1c(C)cc(C(=O)CSc2nc(-c3ccccc3)c(-c3ccccc3)o2)c1C. The average molecular weight is 429 g/mol. The molecule has 0 unspecified atom stereocenters. The minimum Gasteiger partial charge on any atom is -0.431 e. The average Bonchev–Trinajstić information content (AvgIpc) is 3.36. The topological polar surface area (TPSA) is 48.0 Å². The van der Waals surface area contributed by atoms with Gasteiger partial charge in [-0.15, -0.1) is 6.58 Å². The molecule has 0 N–H and O–H groups in total. The molecule has 0 spiro atoms. The number of oxazole rings is 1. The van der Waals surface area contributed by atoms with Gasteiger partial charge in [-0.2, -0.15) is 0 Å². The lowest BCUT2D eigenvalue weighted by Gasteiger charge is -2.05. The normalized spacial score (nSPS) is 10.9. The Kier molecular flexibility index (Phi) is 6.23. The van der Waals surface area contributed by atoms with Crippen LogP contribution < -0.4 is 0 Å². The van der Waals surface area contributed by atoms with Gasteiger partial charge in [-0.3, -0.25) is 4.79 Å². The van der Waals surface area contributed by atoms with E-state index in [1.807, 2.05) is 86.7 Å². The fourth-order valence-corrected chi connectivity index (χ4v) is 4.35. The van der Waals surface area contributed by atoms with Crippen molar-refractivity contribution < 1.29 is 9.21 Å². The van der Waals surface area contributed by atoms with Crippen LogP contribution >= 0.6 is 11.8 Å². The van der Waals surface area contributed by atoms with Crippen LogP contribution in [0.25, 0.3) is 22.6 Å². The number of nitrogens with zero attached hydrogens (tertiary/aromatic N) is 2. The van der Waals surface area contributed by atoms with E-state index in [1.54, 1.807) is 0 Å². The molecule has 4 rings (SSSR count). The maximum atomic E-state index is 12.9. The van der Waals surface area contributed by atoms with Crippen LogP contribution in [0.2, 0.25) is 0 Å². The molecule has 0 saturated carbocycles. The highest BCUT2D eigenvalue weighted by molar-refractivity contribution is 7.99. The molecule has 156 valence electrons. The van der Waals surface area contributed by atoms with Crippen molar-refractivity contribution in [1.82, 2.24) is 9.55 Å². The van der Waals surface area contributed by atoms with Crippen molar-refractivity contribution in [2.45, 2.75) is 25.6 Å². The number of hydrogen-bond donors (Lipinski definition) is 0. The van der Waals surface area contributed by atoms with Crippen molar-refractivity contribution in [3.63, 3.8) is 0 Å². The smallest absolute Gasteiger partial charge is 0.257 e. The van der Waals surface area contributed by atoms with E-state index in [0.29, 0.717) is 17.5 Å². The first-order valence-corrected chi connectivity index (χ1v) is 11.1. The summed E-state index contributed by atoms with van der Waals surface area (Å²) in [5, 5.41) is 0.492. The monoisotopic (exact) mass is 428 g/mol. The highest BCUT2D eigenvalue weighted by Crippen LogP contribution is 2.35. The zero-order valence-corrected chi connectivity index (χ0v) is 18.5. The van der Waals surface area contributed by atoms with Crippen LogP contribution in [0.5, 0.6) is 0 Å². The van der Waals surface area contributed by atoms with Crippen molar-refractivity contribution >= 4 is 17.5 Å². The van der Waals surface area contributed by atoms with Crippen molar-refractivity contribution in [1.29, 1.82) is 0 Å². The van der Waals surface area contributed by atoms with Gasteiger partial charge in [0, 0.05) is 34.6 Å². The van der Waals surface area contributed by atoms with Gasteiger partial charge in [0.2, 0.25) is 0 Å². The molecule has 0 atom stereocenters. The highest BCUT2D eigenvalue weighted by atomic mass is 32.2. The molecule has 2 aromatic carbocycles. The van der Waals surface area contributed by atoms with Gasteiger partial charge in [0.1, 0.15) is 5.69 Å². The summed E-state index contributed by atoms with van der Waals surface area (Å²) in [6.07, 6.45) is 1.84. The first-order chi connectivity index (χ1) is 15.1. The number of thioether (sulfide) groups is 1. The molecule has 2 heterocycles. The van der Waals surface area contributed by atoms with Crippen molar-refractivity contribution in [3.05, 3.63) is 96.3 Å². The second-order valence-electron chi connectivity index (χ2n) is 7.29. The Morgan fingerprint density at radius 3 is 2.35 bits per heavy atom. The molecule has 0 aliphatic heterocycles. The standard InChI is InChI=1S/C26H24N2O2S/c1-4-15-28-18(2)16-22(19(28)3)23(29)17-31-26-27-24(20-11-7-5-8-12-20)25(30-26)21-13-9-6-10-14-21/h4-14,16H,1,15,17H2,2-3H3. The number of aromatic nitrogens is 2. The van der Waals surface area contributed by atoms with Crippen molar-refractivity contribution in [3.8, 4) is 22.6 Å². The summed E-state index contributed by atoms with van der Waals surface area (Å²) in [7, 11) is 0. The number of carbonyl (C=O) groups excluding carboxylic acids is 1. The Morgan fingerprint density at radius 2 is 1.71 bits per heavy atom. The minimum absolute atomic E-state index is 0.0640. The molecule has 0 radical (unpaired) electrons. The maximum Gasteiger partial charge on any atom is 0.257 e. The molecule has 0 saturated heterocycles. The van der Waals surface area contributed by atoms with E-state index in [2.05, 4.69) is 11.1 Å². The molecular formula is C26H24N2O2S. The van der Waals surface area contributed by atoms with Crippen LogP contribution in [0, 0.1) is 13.8 Å². The number of allylic oxidation sites excluding steroid dienone is 1. The molecule has 2 aromatic heterocycles. The molecule has 4 aromatic rings. The Hall–Kier alpha value is -3.31. The number of Topliss-reactive ketones (excluding diaryl/α,β-unsaturated/α-hetero) is 1. The van der Waals surface area contributed by atoms with Gasteiger partial charge in [-0.1, -0.05) is 78.5 Å². The quantitative estimate of drug-likeness (QED) is 0.180. The van der Waals surface area contributed by atoms with E-state index >= 15 is 0 Å². The van der Waals surface area contributed by atoms with Crippen LogP contribution in [0.3, 0.4) is 0 Å². The fraction of sp³-hybridized carbons (Fsp3) is 0.154. The lowest BCUT2D eigenvalue weighted by Crippen LogP contribution is -2.06. The summed E-state index contributed by atoms with van der Waals surface area (Å²) >= 11 is 1.33. The predicted molar refractivity (Wildman–Crippen MR) is 127 cm³/mol. The predicted octanol–water partition coefficient (Wildman–Crippen LogP) is 6.59. The third kappa shape index (κ3) is 4.42. The van der Waals surface area contributed by atoms with Gasteiger partial charge >= 0.3 is 0 Å². The van der Waals surface area contributed by atoms with Crippen LogP contribution in [0.4, 0.5) is 0 Å². The van der Waals surface area contributed by atoms with Crippen molar-refractivity contribution in [2.75, 3.05) is 5.75 Å². The molecule has 0 amide bonds. The van der Waals surface area contributed by atoms with Crippen LogP contribution in [0.1, 0.15) is 21.7 Å². The number of rotatable bonds is 8. The van der Waals surface area contributed by atoms with Crippen LogP contribution in [-0.2, 0) is 6.54 Å². The molecule has 0 aliphatic rings. The van der Waals surface area contributed by atoms with Gasteiger partial charge in [0.15, 0.2) is 11.5 Å². The fourth-order valence-electron chi connectivity index (χ4n) is 3.64. The molecular weight excluding hydrogens is 404 g/mol. The number of benzene rings is 2. The van der Waals surface area contributed by atoms with Gasteiger partial charge in [-0.25, -0.2) is 4.98 Å². The molecule has 31 heavy (non-hydrogen) atoms. The van der Waals surface area contributed by atoms with Crippen LogP contribution in [-0.4, -0.2) is 21.1 Å². The maximum absolute atomic E-state index is 12.9. The third-order valence-electron chi connectivity index (χ3n) is 5.20. The Morgan fingerprint density at radius 1 is 1.06 bits per heavy atom. The Bertz CT molecular complexity index is 1150. The lowest BCUT2D eigenvalue weighted by molar-refractivity contribution is 0.102. The number of hydrogen-bond acceptors (Lipinski definition) is 4. The van der Waals surface area contributed by atoms with E-state index in [0.717, 1.165) is 33.8 Å². The summed E-state index contributed by atoms with van der Waals surface area (Å²) in [5.74, 6) is 1.04. The second-order valence-corrected chi connectivity index (χ2v) is 8.21. The number of ketones is 1. The zero-order chi connectivity index (χ0) is 21.8. The first kappa shape index (κ1) is 20.9. The first-order valence-electron chi connectivity index (χ1n) is 10.1. The minimum atomic E-state index is 0.0640. The summed E-state index contributed by atoms with van der Waals surface area (Å²) in [5.41, 5.74) is 5.48. The van der Waals surface area contributed by atoms with Gasteiger partial charge in [-0.05, 0) is 19.9 Å². The van der Waals surface area contributed by atoms with Crippen molar-refractivity contribution in [2.24, 2.45) is 0 Å². The zero-order valence-electron chi connectivity index (χ0n) is 17.7. The van der Waals surface area contributed by atoms with E-state index in [4.69, 9.17) is 9.40 Å². The van der Waals surface area contributed by atoms with E-state index in [-0.39, 0.29) is 11.5 Å². The second kappa shape index (κ2) is 9.23. The molecule has 0 aliphatic carbocycles. The van der Waals surface area contributed by atoms with Gasteiger partial charge in [0.05, 0.1) is 5.75 Å². The molecule has 0 bridgehead atoms. The van der Waals surface area contributed by atoms with E-state index < -0.39 is 0 Å². The lowest BCUT2D eigenvalue weighted by atomic mass is 10.1. The van der Waals surface area contributed by atoms with Gasteiger partial charge in [0.25, 0.3) is 5.22 Å². The Balaban J connectivity index is 1.60. The van der Waals surface area contributed by atoms with Crippen LogP contribution in [0.15, 0.2) is 89.0 Å². The summed E-state index contributed by atoms with van der Waals surface area (Å²) in [6.45, 7) is 8.47. The van der Waals surface area contributed by atoms with Gasteiger partial charge < -0.3 is 8.98 Å². The summed E-state index contributed by atoms with van der Waals surface area (Å²) in [6, 6.07) is 21.8. The summed E-state index contributed by atoms with van der Waals surface area (Å²) < 4.78 is 8.21. The Labute approximate surface area is 186 Å². The molecule has 4 nitrogen and oxygen atoms in total. The molecule has 0 fully saturated rings. The summed E-state index contributed by atoms with van der Waals surface area (Å²) in [4.78, 5) is 17.6. The van der Waals surface area contributed by atoms with E-state index in [9.17, 15) is 4.79 Å². The number of aryl methyl sites for hydroxylation is 1. The largest absolute Gasteiger partial charge is 0.431 e. The highest BCUT2D eigenvalue weighted by Gasteiger charge is 2.20. The molecule has 5 heteroatoms.